The topological polar surface area (TPSA) is 404 Å². The summed E-state index contributed by atoms with van der Waals surface area (Å²) in [6.07, 6.45) is 4.09. The number of nitrogens with two attached hydrogens (primary N) is 1. The third kappa shape index (κ3) is 17.1. The van der Waals surface area contributed by atoms with Gasteiger partial charge in [0, 0.05) is 93.3 Å². The molecule has 32 heteroatoms. The number of unbranched alkanes of at least 4 members (excludes halogenated alkanes) is 2. The molecular weight excluding hydrogens is 1380 g/mol. The largest absolute Gasteiger partial charge is 0.490 e. The zero-order chi connectivity index (χ0) is 73.1. The van der Waals surface area contributed by atoms with Crippen LogP contribution in [0.15, 0.2) is 72.2 Å². The molecule has 0 spiro atoms. The highest BCUT2D eigenvalue weighted by Gasteiger charge is 2.51. The summed E-state index contributed by atoms with van der Waals surface area (Å²) in [7, 11) is -5.10. The number of likely N-dealkylation sites (tertiary alicyclic amines) is 1. The van der Waals surface area contributed by atoms with Crippen LogP contribution in [0.2, 0.25) is 5.02 Å². The van der Waals surface area contributed by atoms with E-state index >= 15 is 4.79 Å². The van der Waals surface area contributed by atoms with E-state index in [1.807, 2.05) is 51.1 Å². The van der Waals surface area contributed by atoms with Crippen molar-refractivity contribution in [2.75, 3.05) is 39.3 Å². The summed E-state index contributed by atoms with van der Waals surface area (Å²) in [6.45, 7) is 9.08. The number of H-pyrrole nitrogens is 1. The van der Waals surface area contributed by atoms with E-state index in [9.17, 15) is 62.6 Å². The van der Waals surface area contributed by atoms with Gasteiger partial charge in [0.05, 0.1) is 63.6 Å². The Balaban J connectivity index is 0.695. The number of carbonyl (C=O) groups excluding carboxylic acids is 10. The Morgan fingerprint density at radius 2 is 1.64 bits per heavy atom. The number of ether oxygens (including phenoxy) is 1. The SMILES string of the molecule is CC(=O)N1CC[C@H]2CC[C@@H](C(=O)N[C@@H](CCC(N)=O)COc3cccc(CCCCCNC(=O)C[C@@H](NC(=O)[C@H]4C[C@H](O)CN4C(=O)[C@@H]4n5nnc(C6CC6)c5CN(C(C)=O)CC4(C)C)c4ccc(-c5scnc5C)cc4)c3Cl)N2C(=O)[C@@H](NC(=O)c2cc3cc(C(=O)P(=O)(O)O)ccc3[nH]2)C1. The number of benzene rings is 3. The lowest BCUT2D eigenvalue weighted by Gasteiger charge is -2.38. The number of halogens is 1. The first kappa shape index (κ1) is 74.3. The van der Waals surface area contributed by atoms with Crippen LogP contribution in [0.25, 0.3) is 21.3 Å². The van der Waals surface area contributed by atoms with Gasteiger partial charge in [0.2, 0.25) is 47.3 Å². The van der Waals surface area contributed by atoms with E-state index < -0.39 is 102 Å². The van der Waals surface area contributed by atoms with Gasteiger partial charge in [0.25, 0.3) is 11.4 Å². The lowest BCUT2D eigenvalue weighted by molar-refractivity contribution is -0.145. The number of hydrogen-bond acceptors (Lipinski definition) is 17. The molecule has 6 aromatic rings. The van der Waals surface area contributed by atoms with Crippen LogP contribution in [-0.4, -0.2) is 194 Å². The molecule has 1 saturated carbocycles. The van der Waals surface area contributed by atoms with E-state index in [0.29, 0.717) is 72.6 Å². The second kappa shape index (κ2) is 31.3. The molecule has 29 nitrogen and oxygen atoms in total. The van der Waals surface area contributed by atoms with Gasteiger partial charge in [-0.15, -0.1) is 16.4 Å². The molecule has 0 bridgehead atoms. The minimum absolute atomic E-state index is 0.0407. The first-order valence-corrected chi connectivity index (χ1v) is 37.3. The predicted octanol–water partition coefficient (Wildman–Crippen LogP) is 5.25. The molecule has 1 aliphatic carbocycles. The van der Waals surface area contributed by atoms with Gasteiger partial charge in [0.1, 0.15) is 42.2 Å². The van der Waals surface area contributed by atoms with Crippen molar-refractivity contribution in [2.45, 2.75) is 179 Å². The minimum atomic E-state index is -5.10. The Kier molecular flexibility index (Phi) is 22.8. The summed E-state index contributed by atoms with van der Waals surface area (Å²) in [5.41, 5.74) is 9.77. The standard InChI is InChI=1S/C70H86ClN14O15PS/c1-38-62(102-37-74-38)44-17-13-41(14-18-44)51(77-66(93)55-30-49(88)32-83(55)68(95)63-70(4,5)36-82(40(3)87)34-56-61(43-15-16-43)79-80-85(56)63)31-59(90)73-26-8-6-7-10-42-11-9-12-57(60(42)71)100-35-47(20-24-58(72)89)75-65(92)54-23-21-48-25-27-81(39(2)86)33-53(67(94)84(48)54)78-64(91)52-29-46-28-45(19-22-50(46)76-52)69(96)101(97,98)99/h9,11-14,17-19,22,28-29,37,43,47-49,51,53-55,63,76,88H,6-8,10,15-16,20-21,23-27,30-36H2,1-5H3,(H2,72,89)(H,73,90)(H,75,92)(H,77,93)(H,78,91)(H2,97,98,99)/t47-,48+,49-,51+,53-,54-,55+,63-/m0/s1. The van der Waals surface area contributed by atoms with E-state index in [0.717, 1.165) is 40.2 Å². The maximum Gasteiger partial charge on any atom is 0.396 e. The number of amides is 9. The number of aromatic nitrogens is 5. The average molecular weight is 1460 g/mol. The van der Waals surface area contributed by atoms with Gasteiger partial charge in [-0.3, -0.25) is 52.5 Å². The van der Waals surface area contributed by atoms with Crippen LogP contribution >= 0.6 is 30.5 Å². The zero-order valence-corrected chi connectivity index (χ0v) is 59.9. The molecule has 11 rings (SSSR count). The third-order valence-electron chi connectivity index (χ3n) is 19.9. The van der Waals surface area contributed by atoms with Crippen LogP contribution < -0.4 is 31.7 Å². The normalized spacial score (nSPS) is 21.0. The highest BCUT2D eigenvalue weighted by atomic mass is 35.5. The Labute approximate surface area is 597 Å². The van der Waals surface area contributed by atoms with Crippen LogP contribution in [0.1, 0.15) is 172 Å². The van der Waals surface area contributed by atoms with Gasteiger partial charge < -0.3 is 71.2 Å². The molecule has 0 unspecified atom stereocenters. The number of aryl methyl sites for hydroxylation is 2. The second-order valence-electron chi connectivity index (χ2n) is 28.0. The van der Waals surface area contributed by atoms with Crippen LogP contribution in [0.5, 0.6) is 5.75 Å². The molecule has 544 valence electrons. The van der Waals surface area contributed by atoms with Crippen molar-refractivity contribution in [1.82, 2.24) is 65.8 Å². The summed E-state index contributed by atoms with van der Waals surface area (Å²) < 4.78 is 19.6. The predicted molar refractivity (Wildman–Crippen MR) is 374 cm³/mol. The van der Waals surface area contributed by atoms with Crippen molar-refractivity contribution in [1.29, 1.82) is 0 Å². The molecule has 9 amide bonds. The van der Waals surface area contributed by atoms with Crippen LogP contribution in [-0.2, 0) is 55.9 Å². The Morgan fingerprint density at radius 1 is 0.892 bits per heavy atom. The molecule has 3 saturated heterocycles. The van der Waals surface area contributed by atoms with Crippen LogP contribution in [0.3, 0.4) is 0 Å². The first-order chi connectivity index (χ1) is 48.5. The maximum absolute atomic E-state index is 15.1. The van der Waals surface area contributed by atoms with Gasteiger partial charge in [-0.05, 0) is 112 Å². The van der Waals surface area contributed by atoms with Gasteiger partial charge >= 0.3 is 7.60 Å². The molecule has 102 heavy (non-hydrogen) atoms. The Hall–Kier alpha value is -8.93. The maximum atomic E-state index is 15.1. The molecule has 5 aliphatic rings. The van der Waals surface area contributed by atoms with E-state index in [2.05, 4.69) is 41.5 Å². The number of carbonyl (C=O) groups is 10. The fourth-order valence-electron chi connectivity index (χ4n) is 14.4. The summed E-state index contributed by atoms with van der Waals surface area (Å²) >= 11 is 8.48. The first-order valence-electron chi connectivity index (χ1n) is 34.4. The van der Waals surface area contributed by atoms with E-state index in [-0.39, 0.29) is 112 Å². The minimum Gasteiger partial charge on any atom is -0.490 e. The Morgan fingerprint density at radius 3 is 2.33 bits per heavy atom. The number of aliphatic hydroxyl groups excluding tert-OH is 1. The molecule has 10 N–H and O–H groups in total. The fourth-order valence-corrected chi connectivity index (χ4v) is 15.9. The van der Waals surface area contributed by atoms with Crippen LogP contribution in [0, 0.1) is 12.3 Å². The molecule has 4 fully saturated rings. The zero-order valence-electron chi connectivity index (χ0n) is 57.4. The smallest absolute Gasteiger partial charge is 0.396 e. The highest BCUT2D eigenvalue weighted by molar-refractivity contribution is 7.70. The van der Waals surface area contributed by atoms with Crippen molar-refractivity contribution in [3.05, 3.63) is 117 Å². The van der Waals surface area contributed by atoms with Crippen LogP contribution in [0.4, 0.5) is 0 Å². The summed E-state index contributed by atoms with van der Waals surface area (Å²) in [5, 5.41) is 32.6. The quantitative estimate of drug-likeness (QED) is 0.0247. The van der Waals surface area contributed by atoms with Gasteiger partial charge in [-0.1, -0.05) is 73.5 Å². The summed E-state index contributed by atoms with van der Waals surface area (Å²) in [4.78, 5) is 170. The number of β-amino-alcohol motifs (C(OH)–C–C–N with tert-alkyl or cyclic N) is 1. The number of nitrogens with zero attached hydrogens (tertiary/aromatic N) is 8. The molecule has 4 aliphatic heterocycles. The number of aliphatic hydroxyl groups is 1. The van der Waals surface area contributed by atoms with E-state index in [1.54, 1.807) is 27.2 Å². The van der Waals surface area contributed by atoms with E-state index in [1.165, 1.54) is 64.1 Å². The number of nitrogens with one attached hydrogen (secondary N) is 5. The average Bonchev–Trinajstić information content (AvgIpc) is 1.59. The Bertz CT molecular complexity index is 4270. The monoisotopic (exact) mass is 1460 g/mol. The van der Waals surface area contributed by atoms with Gasteiger partial charge in [0.15, 0.2) is 0 Å². The molecule has 8 atom stereocenters. The molecule has 3 aromatic heterocycles. The lowest BCUT2D eigenvalue weighted by Crippen LogP contribution is -2.61. The van der Waals surface area contributed by atoms with Crippen molar-refractivity contribution >= 4 is 100 Å². The number of primary amides is 1. The lowest BCUT2D eigenvalue weighted by atomic mass is 9.83. The van der Waals surface area contributed by atoms with Crippen molar-refractivity contribution < 1.29 is 72.1 Å². The number of aromatic amines is 1. The van der Waals surface area contributed by atoms with E-state index in [4.69, 9.17) is 22.1 Å². The number of hydrogen-bond donors (Lipinski definition) is 9. The molecule has 7 heterocycles. The number of fused-ring (bicyclic) bond motifs is 3. The van der Waals surface area contributed by atoms with Gasteiger partial charge in [-0.2, -0.15) is 0 Å². The van der Waals surface area contributed by atoms with Crippen molar-refractivity contribution in [2.24, 2.45) is 11.1 Å². The van der Waals surface area contributed by atoms with Gasteiger partial charge in [-0.25, -0.2) is 9.67 Å². The number of thiazole rings is 1. The third-order valence-corrected chi connectivity index (χ3v) is 22.1. The molecular formula is C70H86ClN14O15PS. The number of rotatable bonds is 26. The molecule has 3 aromatic carbocycles. The van der Waals surface area contributed by atoms with Crippen molar-refractivity contribution in [3.8, 4) is 16.2 Å². The summed E-state index contributed by atoms with van der Waals surface area (Å²) in [6, 6.07) is 11.5. The highest BCUT2D eigenvalue weighted by Crippen LogP contribution is 2.46. The molecule has 0 radical (unpaired) electrons. The van der Waals surface area contributed by atoms with Crippen molar-refractivity contribution in [3.63, 3.8) is 0 Å². The summed E-state index contributed by atoms with van der Waals surface area (Å²) in [5.74, 6) is -3.83. The fraction of sp³-hybridized carbons (Fsp3) is 0.500. The second-order valence-corrected chi connectivity index (χ2v) is 30.7.